The van der Waals surface area contributed by atoms with Gasteiger partial charge in [0, 0.05) is 5.57 Å². The number of nitrogens with zero attached hydrogens (tertiary/aromatic N) is 1. The summed E-state index contributed by atoms with van der Waals surface area (Å²) in [7, 11) is 0. The first-order valence-corrected chi connectivity index (χ1v) is 4.75. The summed E-state index contributed by atoms with van der Waals surface area (Å²) in [6.07, 6.45) is 6.18. The summed E-state index contributed by atoms with van der Waals surface area (Å²) < 4.78 is 0. The molecule has 70 valence electrons. The third-order valence-corrected chi connectivity index (χ3v) is 2.62. The topological polar surface area (TPSA) is 23.8 Å². The highest BCUT2D eigenvalue weighted by Gasteiger charge is 2.28. The van der Waals surface area contributed by atoms with Crippen LogP contribution in [-0.4, -0.2) is 0 Å². The zero-order valence-corrected chi connectivity index (χ0v) is 8.83. The van der Waals surface area contributed by atoms with E-state index in [4.69, 9.17) is 5.26 Å². The Balaban J connectivity index is 2.85. The fourth-order valence-corrected chi connectivity index (χ4v) is 1.98. The molecule has 0 aliphatic heterocycles. The summed E-state index contributed by atoms with van der Waals surface area (Å²) in [6, 6.07) is 2.18. The quantitative estimate of drug-likeness (QED) is 0.554. The van der Waals surface area contributed by atoms with Gasteiger partial charge in [0.25, 0.3) is 0 Å². The molecule has 0 fully saturated rings. The molecular weight excluding hydrogens is 158 g/mol. The van der Waals surface area contributed by atoms with Crippen molar-refractivity contribution in [2.45, 2.75) is 27.7 Å². The van der Waals surface area contributed by atoms with Crippen molar-refractivity contribution in [2.24, 2.45) is 17.3 Å². The van der Waals surface area contributed by atoms with Crippen molar-refractivity contribution in [1.29, 1.82) is 5.26 Å². The molecule has 1 nitrogen and oxygen atoms in total. The molecule has 0 spiro atoms. The van der Waals surface area contributed by atoms with Crippen molar-refractivity contribution in [2.75, 3.05) is 0 Å². The maximum atomic E-state index is 8.73. The van der Waals surface area contributed by atoms with Crippen LogP contribution in [0.2, 0.25) is 0 Å². The second-order valence-electron chi connectivity index (χ2n) is 4.84. The Kier molecular flexibility index (Phi) is 2.61. The van der Waals surface area contributed by atoms with E-state index in [-0.39, 0.29) is 5.41 Å². The van der Waals surface area contributed by atoms with Gasteiger partial charge in [-0.3, -0.25) is 0 Å². The van der Waals surface area contributed by atoms with E-state index < -0.39 is 0 Å². The van der Waals surface area contributed by atoms with E-state index in [1.807, 2.05) is 6.08 Å². The molecule has 0 aromatic heterocycles. The monoisotopic (exact) mass is 175 g/mol. The number of nitriles is 1. The fourth-order valence-electron chi connectivity index (χ4n) is 1.98. The Morgan fingerprint density at radius 3 is 2.38 bits per heavy atom. The van der Waals surface area contributed by atoms with Crippen LogP contribution >= 0.6 is 0 Å². The average Bonchev–Trinajstić information content (AvgIpc) is 2.01. The van der Waals surface area contributed by atoms with Crippen molar-refractivity contribution in [1.82, 2.24) is 0 Å². The molecule has 1 aliphatic rings. The Labute approximate surface area is 80.8 Å². The summed E-state index contributed by atoms with van der Waals surface area (Å²) in [4.78, 5) is 0. The molecule has 2 unspecified atom stereocenters. The van der Waals surface area contributed by atoms with Crippen LogP contribution in [0.4, 0.5) is 0 Å². The van der Waals surface area contributed by atoms with Gasteiger partial charge < -0.3 is 0 Å². The lowest BCUT2D eigenvalue weighted by molar-refractivity contribution is 0.244. The predicted octanol–water partition coefficient (Wildman–Crippen LogP) is 3.30. The van der Waals surface area contributed by atoms with E-state index in [2.05, 4.69) is 45.9 Å². The van der Waals surface area contributed by atoms with Gasteiger partial charge in [-0.2, -0.15) is 5.26 Å². The smallest absolute Gasteiger partial charge is 0.0988 e. The van der Waals surface area contributed by atoms with Crippen LogP contribution in [-0.2, 0) is 0 Å². The maximum Gasteiger partial charge on any atom is 0.0988 e. The number of rotatable bonds is 0. The minimum absolute atomic E-state index is 0.285. The molecule has 1 rings (SSSR count). The van der Waals surface area contributed by atoms with E-state index in [9.17, 15) is 0 Å². The maximum absolute atomic E-state index is 8.73. The molecule has 0 saturated carbocycles. The van der Waals surface area contributed by atoms with E-state index in [1.54, 1.807) is 0 Å². The Bertz CT molecular complexity index is 283. The Hall–Kier alpha value is -1.03. The highest BCUT2D eigenvalue weighted by Crippen LogP contribution is 2.36. The van der Waals surface area contributed by atoms with Crippen molar-refractivity contribution in [3.05, 3.63) is 23.8 Å². The first-order valence-electron chi connectivity index (χ1n) is 4.75. The van der Waals surface area contributed by atoms with Crippen molar-refractivity contribution in [3.8, 4) is 6.07 Å². The summed E-state index contributed by atoms with van der Waals surface area (Å²) in [5.41, 5.74) is 1.08. The van der Waals surface area contributed by atoms with Crippen LogP contribution < -0.4 is 0 Å². The summed E-state index contributed by atoms with van der Waals surface area (Å²) in [6.45, 7) is 8.90. The normalized spacial score (nSPS) is 28.1. The zero-order valence-electron chi connectivity index (χ0n) is 8.83. The van der Waals surface area contributed by atoms with Crippen molar-refractivity contribution in [3.63, 3.8) is 0 Å². The third kappa shape index (κ3) is 2.21. The van der Waals surface area contributed by atoms with Crippen LogP contribution in [0, 0.1) is 28.6 Å². The van der Waals surface area contributed by atoms with Gasteiger partial charge in [0.2, 0.25) is 0 Å². The highest BCUT2D eigenvalue weighted by molar-refractivity contribution is 5.37. The molecular formula is C12H17N. The van der Waals surface area contributed by atoms with Crippen LogP contribution in [0.15, 0.2) is 23.8 Å². The van der Waals surface area contributed by atoms with E-state index >= 15 is 0 Å². The first kappa shape index (κ1) is 10.1. The second kappa shape index (κ2) is 3.38. The van der Waals surface area contributed by atoms with Gasteiger partial charge in [-0.05, 0) is 23.3 Å². The van der Waals surface area contributed by atoms with Crippen LogP contribution in [0.3, 0.4) is 0 Å². The van der Waals surface area contributed by atoms with Gasteiger partial charge >= 0.3 is 0 Å². The molecule has 0 heterocycles. The standard InChI is InChI=1S/C12H17N/c1-9-7-10(8-13)5-6-11(9)12(2,3)4/h5-7,9,11H,1-4H3. The molecule has 0 saturated heterocycles. The third-order valence-electron chi connectivity index (χ3n) is 2.62. The summed E-state index contributed by atoms with van der Waals surface area (Å²) in [5, 5.41) is 8.73. The molecule has 1 heteroatoms. The van der Waals surface area contributed by atoms with Gasteiger partial charge in [0.1, 0.15) is 0 Å². The van der Waals surface area contributed by atoms with E-state index in [0.717, 1.165) is 5.57 Å². The molecule has 1 aliphatic carbocycles. The number of allylic oxidation sites excluding steroid dienone is 4. The van der Waals surface area contributed by atoms with Gasteiger partial charge in [-0.1, -0.05) is 39.8 Å². The minimum atomic E-state index is 0.285. The van der Waals surface area contributed by atoms with Crippen LogP contribution in [0.25, 0.3) is 0 Å². The van der Waals surface area contributed by atoms with Crippen LogP contribution in [0.1, 0.15) is 27.7 Å². The van der Waals surface area contributed by atoms with E-state index in [1.165, 1.54) is 0 Å². The van der Waals surface area contributed by atoms with Gasteiger partial charge in [0.15, 0.2) is 0 Å². The Morgan fingerprint density at radius 2 is 2.00 bits per heavy atom. The lowest BCUT2D eigenvalue weighted by Gasteiger charge is -2.33. The van der Waals surface area contributed by atoms with Gasteiger partial charge in [0.05, 0.1) is 6.07 Å². The largest absolute Gasteiger partial charge is 0.192 e. The van der Waals surface area contributed by atoms with Gasteiger partial charge in [-0.15, -0.1) is 0 Å². The number of hydrogen-bond acceptors (Lipinski definition) is 1. The highest BCUT2D eigenvalue weighted by atomic mass is 14.3. The number of hydrogen-bond donors (Lipinski definition) is 0. The molecule has 0 N–H and O–H groups in total. The fraction of sp³-hybridized carbons (Fsp3) is 0.583. The minimum Gasteiger partial charge on any atom is -0.192 e. The van der Waals surface area contributed by atoms with Crippen LogP contribution in [0.5, 0.6) is 0 Å². The molecule has 13 heavy (non-hydrogen) atoms. The molecule has 0 bridgehead atoms. The molecule has 0 amide bonds. The van der Waals surface area contributed by atoms with Gasteiger partial charge in [-0.25, -0.2) is 0 Å². The Morgan fingerprint density at radius 1 is 1.38 bits per heavy atom. The molecule has 0 aromatic rings. The average molecular weight is 175 g/mol. The molecule has 2 atom stereocenters. The molecule has 0 aromatic carbocycles. The van der Waals surface area contributed by atoms with E-state index in [0.29, 0.717) is 11.8 Å². The molecule has 0 radical (unpaired) electrons. The summed E-state index contributed by atoms with van der Waals surface area (Å²) >= 11 is 0. The predicted molar refractivity (Wildman–Crippen MR) is 54.9 cm³/mol. The second-order valence-corrected chi connectivity index (χ2v) is 4.84. The summed E-state index contributed by atoms with van der Waals surface area (Å²) in [5.74, 6) is 1.02. The van der Waals surface area contributed by atoms with Crippen molar-refractivity contribution < 1.29 is 0 Å². The van der Waals surface area contributed by atoms with Crippen molar-refractivity contribution >= 4 is 0 Å². The first-order chi connectivity index (χ1) is 5.95. The lowest BCUT2D eigenvalue weighted by Crippen LogP contribution is -2.25. The SMILES string of the molecule is CC1C=C(C#N)C=CC1C(C)(C)C. The lowest BCUT2D eigenvalue weighted by atomic mass is 9.71. The zero-order chi connectivity index (χ0) is 10.1.